The Hall–Kier alpha value is -4.01. The summed E-state index contributed by atoms with van der Waals surface area (Å²) in [4.78, 5) is 12.7. The number of anilines is 2. The second kappa shape index (κ2) is 6.55. The first-order valence-corrected chi connectivity index (χ1v) is 9.04. The Labute approximate surface area is 165 Å². The molecule has 1 atom stereocenters. The molecule has 9 heteroatoms. The quantitative estimate of drug-likeness (QED) is 0.489. The Kier molecular flexibility index (Phi) is 3.87. The highest BCUT2D eigenvalue weighted by atomic mass is 16.5. The molecular formula is C20H17N7O2. The molecule has 0 fully saturated rings. The van der Waals surface area contributed by atoms with Gasteiger partial charge in [0.25, 0.3) is 5.56 Å². The van der Waals surface area contributed by atoms with Gasteiger partial charge in [-0.25, -0.2) is 5.10 Å². The fourth-order valence-electron chi connectivity index (χ4n) is 3.59. The topological polar surface area (TPSA) is 111 Å². The van der Waals surface area contributed by atoms with E-state index in [0.717, 1.165) is 16.7 Å². The van der Waals surface area contributed by atoms with Crippen LogP contribution in [0.3, 0.4) is 0 Å². The number of methoxy groups -OCH3 is 1. The molecule has 0 spiro atoms. The maximum absolute atomic E-state index is 12.7. The Balaban J connectivity index is 1.81. The van der Waals surface area contributed by atoms with Crippen molar-refractivity contribution in [2.45, 2.75) is 13.0 Å². The van der Waals surface area contributed by atoms with Crippen LogP contribution in [0.1, 0.15) is 22.7 Å². The van der Waals surface area contributed by atoms with Gasteiger partial charge in [0.15, 0.2) is 0 Å². The number of hydrogen-bond donors (Lipinski definition) is 2. The van der Waals surface area contributed by atoms with Crippen LogP contribution in [0.4, 0.5) is 11.6 Å². The Bertz CT molecular complexity index is 1260. The minimum absolute atomic E-state index is 0.335. The predicted octanol–water partition coefficient (Wildman–Crippen LogP) is 2.44. The third kappa shape index (κ3) is 2.75. The third-order valence-corrected chi connectivity index (χ3v) is 5.00. The summed E-state index contributed by atoms with van der Waals surface area (Å²) >= 11 is 0. The number of H-pyrrole nitrogens is 1. The molecule has 4 aromatic rings. The van der Waals surface area contributed by atoms with E-state index in [4.69, 9.17) is 4.74 Å². The fraction of sp³-hybridized carbons (Fsp3) is 0.150. The van der Waals surface area contributed by atoms with Gasteiger partial charge in [-0.3, -0.25) is 4.79 Å². The Morgan fingerprint density at radius 1 is 1.14 bits per heavy atom. The SMILES string of the molecule is COc1cccc([C@@H]2c3c(-c4ccc(C)cc4)n[nH]c(=O)c3Nc3nnnn32)c1. The van der Waals surface area contributed by atoms with Crippen molar-refractivity contribution < 1.29 is 4.74 Å². The van der Waals surface area contributed by atoms with E-state index in [2.05, 4.69) is 31.0 Å². The van der Waals surface area contributed by atoms with Gasteiger partial charge < -0.3 is 10.1 Å². The van der Waals surface area contributed by atoms with Crippen LogP contribution in [0.5, 0.6) is 5.75 Å². The van der Waals surface area contributed by atoms with Gasteiger partial charge in [0, 0.05) is 11.1 Å². The molecule has 0 amide bonds. The lowest BCUT2D eigenvalue weighted by Gasteiger charge is -2.28. The van der Waals surface area contributed by atoms with Crippen LogP contribution in [0.15, 0.2) is 53.3 Å². The smallest absolute Gasteiger partial charge is 0.288 e. The summed E-state index contributed by atoms with van der Waals surface area (Å²) in [5.41, 5.74) is 4.29. The zero-order valence-corrected chi connectivity index (χ0v) is 15.7. The maximum Gasteiger partial charge on any atom is 0.288 e. The number of tetrazole rings is 1. The summed E-state index contributed by atoms with van der Waals surface area (Å²) in [6.07, 6.45) is 0. The number of nitrogens with one attached hydrogen (secondary N) is 2. The highest BCUT2D eigenvalue weighted by Gasteiger charge is 2.34. The minimum Gasteiger partial charge on any atom is -0.497 e. The Morgan fingerprint density at radius 2 is 1.97 bits per heavy atom. The molecular weight excluding hydrogens is 370 g/mol. The normalized spacial score (nSPS) is 14.6. The third-order valence-electron chi connectivity index (χ3n) is 5.00. The maximum atomic E-state index is 12.7. The van der Waals surface area contributed by atoms with E-state index in [0.29, 0.717) is 28.6 Å². The number of benzene rings is 2. The van der Waals surface area contributed by atoms with Crippen LogP contribution in [-0.4, -0.2) is 37.5 Å². The molecule has 1 aliphatic heterocycles. The lowest BCUT2D eigenvalue weighted by atomic mass is 9.92. The monoisotopic (exact) mass is 387 g/mol. The average Bonchev–Trinajstić information content (AvgIpc) is 3.22. The van der Waals surface area contributed by atoms with Crippen molar-refractivity contribution in [3.63, 3.8) is 0 Å². The molecule has 2 aromatic carbocycles. The number of aromatic amines is 1. The van der Waals surface area contributed by atoms with Gasteiger partial charge in [0.1, 0.15) is 17.5 Å². The number of rotatable bonds is 3. The summed E-state index contributed by atoms with van der Waals surface area (Å²) < 4.78 is 7.04. The molecule has 0 aliphatic carbocycles. The van der Waals surface area contributed by atoms with E-state index in [1.165, 1.54) is 0 Å². The first-order chi connectivity index (χ1) is 14.2. The molecule has 0 unspecified atom stereocenters. The molecule has 144 valence electrons. The first-order valence-electron chi connectivity index (χ1n) is 9.04. The molecule has 0 bridgehead atoms. The molecule has 9 nitrogen and oxygen atoms in total. The molecule has 0 radical (unpaired) electrons. The zero-order chi connectivity index (χ0) is 20.0. The summed E-state index contributed by atoms with van der Waals surface area (Å²) in [5, 5.41) is 22.0. The van der Waals surface area contributed by atoms with Crippen molar-refractivity contribution in [1.29, 1.82) is 0 Å². The number of aromatic nitrogens is 6. The van der Waals surface area contributed by atoms with Gasteiger partial charge in [0.2, 0.25) is 5.95 Å². The summed E-state index contributed by atoms with van der Waals surface area (Å²) in [7, 11) is 1.61. The molecule has 0 saturated carbocycles. The van der Waals surface area contributed by atoms with Gasteiger partial charge in [0.05, 0.1) is 12.8 Å². The average molecular weight is 387 g/mol. The van der Waals surface area contributed by atoms with Gasteiger partial charge in [-0.15, -0.1) is 0 Å². The summed E-state index contributed by atoms with van der Waals surface area (Å²) in [5.74, 6) is 1.09. The molecule has 29 heavy (non-hydrogen) atoms. The fourth-order valence-corrected chi connectivity index (χ4v) is 3.59. The number of hydrogen-bond acceptors (Lipinski definition) is 7. The molecule has 0 saturated heterocycles. The number of fused-ring (bicyclic) bond motifs is 2. The van der Waals surface area contributed by atoms with Gasteiger partial charge in [-0.2, -0.15) is 9.78 Å². The first kappa shape index (κ1) is 17.1. The van der Waals surface area contributed by atoms with E-state index >= 15 is 0 Å². The lowest BCUT2D eigenvalue weighted by molar-refractivity contribution is 0.413. The van der Waals surface area contributed by atoms with Crippen molar-refractivity contribution in [1.82, 2.24) is 30.4 Å². The van der Waals surface area contributed by atoms with Crippen LogP contribution in [0, 0.1) is 6.92 Å². The number of aryl methyl sites for hydroxylation is 1. The summed E-state index contributed by atoms with van der Waals surface area (Å²) in [6, 6.07) is 15.1. The van der Waals surface area contributed by atoms with E-state index in [9.17, 15) is 4.79 Å². The van der Waals surface area contributed by atoms with E-state index in [1.54, 1.807) is 11.8 Å². The van der Waals surface area contributed by atoms with Crippen molar-refractivity contribution in [2.24, 2.45) is 0 Å². The van der Waals surface area contributed by atoms with Crippen molar-refractivity contribution in [3.05, 3.63) is 75.6 Å². The highest BCUT2D eigenvalue weighted by Crippen LogP contribution is 2.41. The van der Waals surface area contributed by atoms with Crippen LogP contribution in [0.25, 0.3) is 11.3 Å². The predicted molar refractivity (Wildman–Crippen MR) is 106 cm³/mol. The van der Waals surface area contributed by atoms with E-state index in [-0.39, 0.29) is 5.56 Å². The van der Waals surface area contributed by atoms with Crippen molar-refractivity contribution in [2.75, 3.05) is 12.4 Å². The van der Waals surface area contributed by atoms with Crippen LogP contribution in [-0.2, 0) is 0 Å². The van der Waals surface area contributed by atoms with Crippen LogP contribution in [0.2, 0.25) is 0 Å². The number of ether oxygens (including phenoxy) is 1. The van der Waals surface area contributed by atoms with Gasteiger partial charge >= 0.3 is 0 Å². The minimum atomic E-state index is -0.447. The van der Waals surface area contributed by atoms with Gasteiger partial charge in [-0.1, -0.05) is 47.1 Å². The van der Waals surface area contributed by atoms with Crippen molar-refractivity contribution in [3.8, 4) is 17.0 Å². The standard InChI is InChI=1S/C20H17N7O2/c1-11-6-8-12(9-7-11)16-15-17(19(28)23-22-16)21-20-24-25-26-27(20)18(15)13-4-3-5-14(10-13)29-2/h3-10,18H,1-2H3,(H,23,28)(H,21,24,26)/t18-/m1/s1. The van der Waals surface area contributed by atoms with Crippen molar-refractivity contribution >= 4 is 11.6 Å². The second-order valence-corrected chi connectivity index (χ2v) is 6.81. The highest BCUT2D eigenvalue weighted by molar-refractivity contribution is 5.75. The molecule has 2 N–H and O–H groups in total. The van der Waals surface area contributed by atoms with E-state index < -0.39 is 6.04 Å². The molecule has 5 rings (SSSR count). The van der Waals surface area contributed by atoms with Crippen LogP contribution >= 0.6 is 0 Å². The largest absolute Gasteiger partial charge is 0.497 e. The van der Waals surface area contributed by atoms with Crippen LogP contribution < -0.4 is 15.6 Å². The molecule has 2 aromatic heterocycles. The van der Waals surface area contributed by atoms with Gasteiger partial charge in [-0.05, 0) is 35.0 Å². The number of nitrogens with zero attached hydrogens (tertiary/aromatic N) is 5. The summed E-state index contributed by atoms with van der Waals surface area (Å²) in [6.45, 7) is 2.02. The molecule has 1 aliphatic rings. The zero-order valence-electron chi connectivity index (χ0n) is 15.7. The Morgan fingerprint density at radius 3 is 2.76 bits per heavy atom. The second-order valence-electron chi connectivity index (χ2n) is 6.81. The lowest BCUT2D eigenvalue weighted by Crippen LogP contribution is -2.29. The molecule has 3 heterocycles. The van der Waals surface area contributed by atoms with E-state index in [1.807, 2.05) is 55.5 Å².